The van der Waals surface area contributed by atoms with Gasteiger partial charge in [-0.05, 0) is 56.2 Å². The Morgan fingerprint density at radius 1 is 1.05 bits per heavy atom. The highest BCUT2D eigenvalue weighted by atomic mass is 32.2. The molecule has 2 aromatic heterocycles. The maximum atomic E-state index is 13.0. The minimum atomic E-state index is -3.56. The number of nitrogens with one attached hydrogen (secondary N) is 1. The molecule has 5 rings (SSSR count). The molecule has 1 amide bonds. The summed E-state index contributed by atoms with van der Waals surface area (Å²) in [7, 11) is -1.94. The van der Waals surface area contributed by atoms with Crippen LogP contribution in [0.5, 0.6) is 5.75 Å². The Bertz CT molecular complexity index is 1520. The summed E-state index contributed by atoms with van der Waals surface area (Å²) in [5, 5.41) is 9.92. The van der Waals surface area contributed by atoms with Crippen molar-refractivity contribution in [2.45, 2.75) is 31.1 Å². The standard InChI is InChI=1S/C26H27N5O4S2/c1-18-15-24(31(29-18)26-27-23(17-36-26)20-7-6-8-21(16-20)35-2)28-25(32)19-9-11-22(12-10-19)37(33,34)30-13-4-3-5-14-30/h6-12,15-17H,3-5,13-14H2,1-2H3,(H,28,32). The lowest BCUT2D eigenvalue weighted by Crippen LogP contribution is -2.35. The van der Waals surface area contributed by atoms with Crippen LogP contribution < -0.4 is 10.1 Å². The molecule has 0 unspecified atom stereocenters. The molecule has 9 nitrogen and oxygen atoms in total. The Hall–Kier alpha value is -3.54. The number of carbonyl (C=O) groups is 1. The van der Waals surface area contributed by atoms with E-state index in [2.05, 4.69) is 10.4 Å². The predicted octanol–water partition coefficient (Wildman–Crippen LogP) is 4.74. The number of methoxy groups -OCH3 is 1. The van der Waals surface area contributed by atoms with Crippen LogP contribution in [-0.4, -0.2) is 53.6 Å². The largest absolute Gasteiger partial charge is 0.497 e. The van der Waals surface area contributed by atoms with E-state index in [1.165, 1.54) is 39.9 Å². The molecule has 4 aromatic rings. The molecule has 0 atom stereocenters. The lowest BCUT2D eigenvalue weighted by Gasteiger charge is -2.25. The number of rotatable bonds is 7. The van der Waals surface area contributed by atoms with E-state index in [1.807, 2.05) is 36.6 Å². The zero-order valence-electron chi connectivity index (χ0n) is 20.5. The van der Waals surface area contributed by atoms with Crippen LogP contribution in [-0.2, 0) is 10.0 Å². The fraction of sp³-hybridized carbons (Fsp3) is 0.269. The quantitative estimate of drug-likeness (QED) is 0.365. The summed E-state index contributed by atoms with van der Waals surface area (Å²) in [4.78, 5) is 17.9. The van der Waals surface area contributed by atoms with Crippen molar-refractivity contribution in [2.24, 2.45) is 0 Å². The molecule has 0 bridgehead atoms. The molecule has 1 fully saturated rings. The van der Waals surface area contributed by atoms with Gasteiger partial charge >= 0.3 is 0 Å². The average Bonchev–Trinajstić information content (AvgIpc) is 3.56. The van der Waals surface area contributed by atoms with Crippen LogP contribution in [0, 0.1) is 6.92 Å². The number of benzene rings is 2. The van der Waals surface area contributed by atoms with Crippen LogP contribution in [0.4, 0.5) is 5.82 Å². The van der Waals surface area contributed by atoms with Crippen LogP contribution in [0.2, 0.25) is 0 Å². The summed E-state index contributed by atoms with van der Waals surface area (Å²) in [6, 6.07) is 15.4. The van der Waals surface area contributed by atoms with Gasteiger partial charge in [0.15, 0.2) is 0 Å². The molecular weight excluding hydrogens is 510 g/mol. The molecule has 0 radical (unpaired) electrons. The van der Waals surface area contributed by atoms with Crippen molar-refractivity contribution in [3.8, 4) is 22.1 Å². The molecule has 0 aliphatic carbocycles. The normalized spacial score (nSPS) is 14.4. The summed E-state index contributed by atoms with van der Waals surface area (Å²) in [6.07, 6.45) is 2.78. The summed E-state index contributed by atoms with van der Waals surface area (Å²) >= 11 is 1.41. The second-order valence-electron chi connectivity index (χ2n) is 8.77. The fourth-order valence-electron chi connectivity index (χ4n) is 4.23. The highest BCUT2D eigenvalue weighted by molar-refractivity contribution is 7.89. The van der Waals surface area contributed by atoms with Gasteiger partial charge in [-0.3, -0.25) is 4.79 Å². The molecule has 1 N–H and O–H groups in total. The van der Waals surface area contributed by atoms with E-state index in [1.54, 1.807) is 17.9 Å². The molecule has 192 valence electrons. The topological polar surface area (TPSA) is 106 Å². The first-order chi connectivity index (χ1) is 17.8. The van der Waals surface area contributed by atoms with Crippen molar-refractivity contribution in [3.63, 3.8) is 0 Å². The molecule has 3 heterocycles. The molecule has 2 aromatic carbocycles. The van der Waals surface area contributed by atoms with Gasteiger partial charge in [-0.15, -0.1) is 11.3 Å². The zero-order valence-corrected chi connectivity index (χ0v) is 22.2. The first-order valence-corrected chi connectivity index (χ1v) is 14.3. The Kier molecular flexibility index (Phi) is 7.09. The van der Waals surface area contributed by atoms with Crippen LogP contribution in [0.15, 0.2) is 64.9 Å². The van der Waals surface area contributed by atoms with Crippen molar-refractivity contribution < 1.29 is 17.9 Å². The van der Waals surface area contributed by atoms with Gasteiger partial charge in [-0.1, -0.05) is 18.6 Å². The Labute approximate surface area is 219 Å². The number of amides is 1. The van der Waals surface area contributed by atoms with Crippen molar-refractivity contribution in [2.75, 3.05) is 25.5 Å². The third kappa shape index (κ3) is 5.29. The number of nitrogens with zero attached hydrogens (tertiary/aromatic N) is 4. The lowest BCUT2D eigenvalue weighted by atomic mass is 10.2. The summed E-state index contributed by atoms with van der Waals surface area (Å²) in [6.45, 7) is 2.90. The van der Waals surface area contributed by atoms with E-state index < -0.39 is 10.0 Å². The van der Waals surface area contributed by atoms with Gasteiger partial charge in [-0.2, -0.15) is 14.1 Å². The summed E-state index contributed by atoms with van der Waals surface area (Å²) < 4.78 is 34.2. The van der Waals surface area contributed by atoms with E-state index in [-0.39, 0.29) is 10.8 Å². The van der Waals surface area contributed by atoms with E-state index >= 15 is 0 Å². The van der Waals surface area contributed by atoms with Gasteiger partial charge in [0.05, 0.1) is 23.4 Å². The molecule has 0 spiro atoms. The maximum absolute atomic E-state index is 13.0. The third-order valence-corrected chi connectivity index (χ3v) is 8.91. The third-order valence-electron chi connectivity index (χ3n) is 6.18. The molecular formula is C26H27N5O4S2. The number of hydrogen-bond donors (Lipinski definition) is 1. The van der Waals surface area contributed by atoms with Crippen molar-refractivity contribution >= 4 is 33.1 Å². The van der Waals surface area contributed by atoms with Crippen LogP contribution in [0.1, 0.15) is 35.3 Å². The summed E-state index contributed by atoms with van der Waals surface area (Å²) in [5.41, 5.74) is 2.75. The van der Waals surface area contributed by atoms with Gasteiger partial charge < -0.3 is 10.1 Å². The minimum Gasteiger partial charge on any atom is -0.497 e. The zero-order chi connectivity index (χ0) is 26.0. The maximum Gasteiger partial charge on any atom is 0.256 e. The number of carbonyl (C=O) groups excluding carboxylic acids is 1. The van der Waals surface area contributed by atoms with Crippen LogP contribution >= 0.6 is 11.3 Å². The number of anilines is 1. The molecule has 0 saturated carbocycles. The predicted molar refractivity (Wildman–Crippen MR) is 143 cm³/mol. The smallest absolute Gasteiger partial charge is 0.256 e. The molecule has 11 heteroatoms. The Morgan fingerprint density at radius 3 is 2.54 bits per heavy atom. The second kappa shape index (κ2) is 10.4. The summed E-state index contributed by atoms with van der Waals surface area (Å²) in [5.74, 6) is 0.844. The van der Waals surface area contributed by atoms with Gasteiger partial charge in [0.25, 0.3) is 5.91 Å². The molecule has 37 heavy (non-hydrogen) atoms. The van der Waals surface area contributed by atoms with Crippen LogP contribution in [0.25, 0.3) is 16.4 Å². The van der Waals surface area contributed by atoms with E-state index in [4.69, 9.17) is 9.72 Å². The van der Waals surface area contributed by atoms with Crippen LogP contribution in [0.3, 0.4) is 0 Å². The minimum absolute atomic E-state index is 0.194. The van der Waals surface area contributed by atoms with Crippen molar-refractivity contribution in [1.82, 2.24) is 19.1 Å². The number of ether oxygens (including phenoxy) is 1. The van der Waals surface area contributed by atoms with Gasteiger partial charge in [0.2, 0.25) is 15.2 Å². The average molecular weight is 538 g/mol. The fourth-order valence-corrected chi connectivity index (χ4v) is 6.54. The monoisotopic (exact) mass is 537 g/mol. The van der Waals surface area contributed by atoms with E-state index in [0.29, 0.717) is 29.6 Å². The number of piperidine rings is 1. The second-order valence-corrected chi connectivity index (χ2v) is 11.5. The lowest BCUT2D eigenvalue weighted by molar-refractivity contribution is 0.102. The first kappa shape index (κ1) is 25.1. The van der Waals surface area contributed by atoms with E-state index in [0.717, 1.165) is 42.0 Å². The number of hydrogen-bond acceptors (Lipinski definition) is 7. The highest BCUT2D eigenvalue weighted by Crippen LogP contribution is 2.29. The number of thiazole rings is 1. The molecule has 1 saturated heterocycles. The first-order valence-electron chi connectivity index (χ1n) is 11.9. The number of aromatic nitrogens is 3. The van der Waals surface area contributed by atoms with Crippen molar-refractivity contribution in [3.05, 3.63) is 71.2 Å². The Balaban J connectivity index is 1.34. The molecule has 1 aliphatic heterocycles. The SMILES string of the molecule is COc1cccc(-c2csc(-n3nc(C)cc3NC(=O)c3ccc(S(=O)(=O)N4CCCCC4)cc3)n2)c1. The van der Waals surface area contributed by atoms with Gasteiger partial charge in [-0.25, -0.2) is 13.4 Å². The number of aryl methyl sites for hydroxylation is 1. The number of sulfonamides is 1. The highest BCUT2D eigenvalue weighted by Gasteiger charge is 2.26. The van der Waals surface area contributed by atoms with Crippen molar-refractivity contribution in [1.29, 1.82) is 0 Å². The van der Waals surface area contributed by atoms with E-state index in [9.17, 15) is 13.2 Å². The Morgan fingerprint density at radius 2 is 1.81 bits per heavy atom. The molecule has 1 aliphatic rings. The van der Waals surface area contributed by atoms with Gasteiger partial charge in [0, 0.05) is 35.7 Å². The van der Waals surface area contributed by atoms with Gasteiger partial charge in [0.1, 0.15) is 11.6 Å².